The largest absolute Gasteiger partial charge is 0.309 e. The molecule has 0 aliphatic heterocycles. The molecule has 0 N–H and O–H groups in total. The van der Waals surface area contributed by atoms with Crippen LogP contribution < -0.4 is 0 Å². The van der Waals surface area contributed by atoms with Gasteiger partial charge in [-0.05, 0) is 41.5 Å². The van der Waals surface area contributed by atoms with Gasteiger partial charge in [0.05, 0.1) is 22.1 Å². The van der Waals surface area contributed by atoms with Crippen LogP contribution in [0.3, 0.4) is 0 Å². The van der Waals surface area contributed by atoms with Gasteiger partial charge in [0.25, 0.3) is 0 Å². The van der Waals surface area contributed by atoms with Crippen LogP contribution in [0.1, 0.15) is 0 Å². The van der Waals surface area contributed by atoms with Crippen LogP contribution in [0.5, 0.6) is 0 Å². The molecule has 50 heavy (non-hydrogen) atoms. The van der Waals surface area contributed by atoms with E-state index in [1.54, 1.807) is 0 Å². The maximum atomic E-state index is 5.15. The van der Waals surface area contributed by atoms with E-state index in [9.17, 15) is 0 Å². The number of nitrogens with zero attached hydrogens (tertiary/aromatic N) is 5. The minimum Gasteiger partial charge on any atom is -0.309 e. The molecule has 0 saturated heterocycles. The molecular formula is C45H29N5. The Kier molecular flexibility index (Phi) is 6.42. The van der Waals surface area contributed by atoms with Crippen LogP contribution in [0.2, 0.25) is 0 Å². The number of benzene rings is 7. The van der Waals surface area contributed by atoms with Gasteiger partial charge in [-0.2, -0.15) is 9.97 Å². The number of fused-ring (bicyclic) bond motifs is 7. The summed E-state index contributed by atoms with van der Waals surface area (Å²) in [4.78, 5) is 15.3. The van der Waals surface area contributed by atoms with Gasteiger partial charge in [-0.25, -0.2) is 4.98 Å². The van der Waals surface area contributed by atoms with Crippen molar-refractivity contribution in [2.24, 2.45) is 0 Å². The first-order chi connectivity index (χ1) is 24.8. The summed E-state index contributed by atoms with van der Waals surface area (Å²) in [7, 11) is 0. The summed E-state index contributed by atoms with van der Waals surface area (Å²) in [5.41, 5.74) is 9.75. The highest BCUT2D eigenvalue weighted by atomic mass is 15.2. The standard InChI is InChI=1S/C45H29N5/c1-4-15-30(16-5-1)33-21-14-22-34(29-33)49-38-25-12-10-23-35(38)36-27-28-40-41(42(36)49)37-24-11-13-26-39(37)50(40)45-47-43(31-17-6-2-7-18-31)46-44(48-45)32-19-8-3-9-20-32/h1-29H. The molecular weight excluding hydrogens is 611 g/mol. The first kappa shape index (κ1) is 28.2. The first-order valence-electron chi connectivity index (χ1n) is 16.8. The smallest absolute Gasteiger partial charge is 0.238 e. The van der Waals surface area contributed by atoms with Crippen molar-refractivity contribution in [3.05, 3.63) is 176 Å². The highest BCUT2D eigenvalue weighted by molar-refractivity contribution is 6.26. The van der Waals surface area contributed by atoms with Crippen molar-refractivity contribution in [2.45, 2.75) is 0 Å². The Morgan fingerprint density at radius 2 is 0.880 bits per heavy atom. The van der Waals surface area contributed by atoms with Crippen LogP contribution in [0.4, 0.5) is 0 Å². The topological polar surface area (TPSA) is 48.5 Å². The van der Waals surface area contributed by atoms with Crippen molar-refractivity contribution < 1.29 is 0 Å². The maximum Gasteiger partial charge on any atom is 0.238 e. The number of aromatic nitrogens is 5. The van der Waals surface area contributed by atoms with Gasteiger partial charge in [-0.15, -0.1) is 0 Å². The molecule has 0 aliphatic rings. The lowest BCUT2D eigenvalue weighted by Gasteiger charge is -2.12. The molecule has 0 radical (unpaired) electrons. The molecule has 7 aromatic carbocycles. The first-order valence-corrected chi connectivity index (χ1v) is 16.8. The molecule has 5 nitrogen and oxygen atoms in total. The molecule has 0 aliphatic carbocycles. The summed E-state index contributed by atoms with van der Waals surface area (Å²) in [6, 6.07) is 61.5. The Balaban J connectivity index is 1.31. The second-order valence-corrected chi connectivity index (χ2v) is 12.5. The molecule has 0 saturated carbocycles. The lowest BCUT2D eigenvalue weighted by Crippen LogP contribution is -2.06. The van der Waals surface area contributed by atoms with E-state index in [1.165, 1.54) is 21.9 Å². The van der Waals surface area contributed by atoms with Crippen LogP contribution in [0, 0.1) is 0 Å². The highest BCUT2D eigenvalue weighted by Crippen LogP contribution is 2.42. The fourth-order valence-corrected chi connectivity index (χ4v) is 7.34. The molecule has 10 rings (SSSR count). The van der Waals surface area contributed by atoms with Gasteiger partial charge in [0.2, 0.25) is 5.95 Å². The SMILES string of the molecule is c1ccc(-c2cccc(-n3c4ccccc4c4ccc5c(c6ccccc6n5-c5nc(-c6ccccc6)nc(-c6ccccc6)n5)c43)c2)cc1. The van der Waals surface area contributed by atoms with Crippen LogP contribution in [0.15, 0.2) is 176 Å². The Labute approximate surface area is 288 Å². The quantitative estimate of drug-likeness (QED) is 0.188. The Hall–Kier alpha value is -6.85. The molecule has 0 amide bonds. The zero-order valence-electron chi connectivity index (χ0n) is 27.0. The minimum absolute atomic E-state index is 0.581. The van der Waals surface area contributed by atoms with E-state index in [0.717, 1.165) is 49.7 Å². The third-order valence-corrected chi connectivity index (χ3v) is 9.57. The number of para-hydroxylation sites is 2. The van der Waals surface area contributed by atoms with Gasteiger partial charge in [-0.1, -0.05) is 146 Å². The summed E-state index contributed by atoms with van der Waals surface area (Å²) in [6.07, 6.45) is 0. The van der Waals surface area contributed by atoms with E-state index in [2.05, 4.69) is 124 Å². The van der Waals surface area contributed by atoms with Crippen molar-refractivity contribution >= 4 is 43.6 Å². The lowest BCUT2D eigenvalue weighted by atomic mass is 10.0. The predicted octanol–water partition coefficient (Wildman–Crippen LogP) is 11.1. The Bertz CT molecular complexity index is 2800. The van der Waals surface area contributed by atoms with Gasteiger partial charge in [0.1, 0.15) is 0 Å². The highest BCUT2D eigenvalue weighted by Gasteiger charge is 2.23. The second-order valence-electron chi connectivity index (χ2n) is 12.5. The van der Waals surface area contributed by atoms with Crippen molar-refractivity contribution in [2.75, 3.05) is 0 Å². The van der Waals surface area contributed by atoms with Crippen LogP contribution in [-0.4, -0.2) is 24.1 Å². The summed E-state index contributed by atoms with van der Waals surface area (Å²) in [5.74, 6) is 1.85. The monoisotopic (exact) mass is 639 g/mol. The van der Waals surface area contributed by atoms with Crippen molar-refractivity contribution in [3.8, 4) is 45.5 Å². The van der Waals surface area contributed by atoms with E-state index in [4.69, 9.17) is 15.0 Å². The van der Waals surface area contributed by atoms with Crippen molar-refractivity contribution in [3.63, 3.8) is 0 Å². The van der Waals surface area contributed by atoms with Gasteiger partial charge in [0, 0.05) is 38.4 Å². The number of rotatable bonds is 5. The van der Waals surface area contributed by atoms with Crippen LogP contribution in [0.25, 0.3) is 89.2 Å². The summed E-state index contributed by atoms with van der Waals surface area (Å²) >= 11 is 0. The lowest BCUT2D eigenvalue weighted by molar-refractivity contribution is 0.953. The predicted molar refractivity (Wildman–Crippen MR) is 205 cm³/mol. The fraction of sp³-hybridized carbons (Fsp3) is 0. The van der Waals surface area contributed by atoms with E-state index in [-0.39, 0.29) is 0 Å². The molecule has 10 aromatic rings. The molecule has 0 bridgehead atoms. The molecule has 0 unspecified atom stereocenters. The average molecular weight is 640 g/mol. The fourth-order valence-electron chi connectivity index (χ4n) is 7.34. The minimum atomic E-state index is 0.581. The Morgan fingerprint density at radius 3 is 1.54 bits per heavy atom. The van der Waals surface area contributed by atoms with Crippen molar-refractivity contribution in [1.82, 2.24) is 24.1 Å². The van der Waals surface area contributed by atoms with Crippen molar-refractivity contribution in [1.29, 1.82) is 0 Å². The third kappa shape index (κ3) is 4.45. The van der Waals surface area contributed by atoms with E-state index >= 15 is 0 Å². The van der Waals surface area contributed by atoms with E-state index in [1.807, 2.05) is 60.7 Å². The van der Waals surface area contributed by atoms with Gasteiger partial charge < -0.3 is 4.57 Å². The maximum absolute atomic E-state index is 5.15. The number of hydrogen-bond donors (Lipinski definition) is 0. The molecule has 5 heteroatoms. The zero-order chi connectivity index (χ0) is 33.0. The van der Waals surface area contributed by atoms with Crippen LogP contribution in [-0.2, 0) is 0 Å². The molecule has 0 fully saturated rings. The zero-order valence-corrected chi connectivity index (χ0v) is 27.0. The van der Waals surface area contributed by atoms with E-state index in [0.29, 0.717) is 17.6 Å². The third-order valence-electron chi connectivity index (χ3n) is 9.57. The molecule has 234 valence electrons. The Morgan fingerprint density at radius 1 is 0.340 bits per heavy atom. The average Bonchev–Trinajstić information content (AvgIpc) is 3.72. The molecule has 0 spiro atoms. The van der Waals surface area contributed by atoms with Gasteiger partial charge >= 0.3 is 0 Å². The summed E-state index contributed by atoms with van der Waals surface area (Å²) in [5, 5.41) is 4.71. The molecule has 3 heterocycles. The van der Waals surface area contributed by atoms with Gasteiger partial charge in [0.15, 0.2) is 11.6 Å². The van der Waals surface area contributed by atoms with E-state index < -0.39 is 0 Å². The van der Waals surface area contributed by atoms with Crippen LogP contribution >= 0.6 is 0 Å². The normalized spacial score (nSPS) is 11.6. The summed E-state index contributed by atoms with van der Waals surface area (Å²) in [6.45, 7) is 0. The number of hydrogen-bond acceptors (Lipinski definition) is 3. The van der Waals surface area contributed by atoms with Gasteiger partial charge in [-0.3, -0.25) is 4.57 Å². The molecule has 3 aromatic heterocycles. The summed E-state index contributed by atoms with van der Waals surface area (Å²) < 4.78 is 4.63. The second kappa shape index (κ2) is 11.4. The molecule has 0 atom stereocenters.